The molecule has 1 aliphatic rings. The Morgan fingerprint density at radius 2 is 1.64 bits per heavy atom. The number of ether oxygens (including phenoxy) is 2. The topological polar surface area (TPSA) is 64.2 Å². The summed E-state index contributed by atoms with van der Waals surface area (Å²) in [5.74, 6) is 0.479. The van der Waals surface area contributed by atoms with Crippen LogP contribution in [-0.4, -0.2) is 15.9 Å². The van der Waals surface area contributed by atoms with Crippen molar-refractivity contribution in [2.45, 2.75) is 19.1 Å². The number of aromatic amines is 1. The second-order valence-electron chi connectivity index (χ2n) is 6.43. The molecule has 1 unspecified atom stereocenters. The summed E-state index contributed by atoms with van der Waals surface area (Å²) in [5.41, 5.74) is 2.42. The Hall–Kier alpha value is -3.60. The van der Waals surface area contributed by atoms with Gasteiger partial charge in [0.2, 0.25) is 0 Å². The Labute approximate surface area is 163 Å². The molecule has 0 fully saturated rings. The maximum atomic E-state index is 12.9. The van der Waals surface area contributed by atoms with Gasteiger partial charge in [-0.3, -0.25) is 0 Å². The van der Waals surface area contributed by atoms with Crippen molar-refractivity contribution in [1.82, 2.24) is 9.97 Å². The molecule has 4 rings (SSSR count). The average Bonchev–Trinajstić information content (AvgIpc) is 3.41. The second kappa shape index (κ2) is 8.39. The Balaban J connectivity index is 1.54. The van der Waals surface area contributed by atoms with Gasteiger partial charge in [0.05, 0.1) is 11.5 Å². The van der Waals surface area contributed by atoms with Crippen molar-refractivity contribution in [3.05, 3.63) is 113 Å². The number of carbonyl (C=O) groups is 1. The maximum absolute atomic E-state index is 12.9. The molecule has 140 valence electrons. The van der Waals surface area contributed by atoms with Crippen LogP contribution in [0.25, 0.3) is 0 Å². The largest absolute Gasteiger partial charge is 0.488 e. The van der Waals surface area contributed by atoms with E-state index in [2.05, 4.69) is 9.97 Å². The zero-order chi connectivity index (χ0) is 19.2. The van der Waals surface area contributed by atoms with E-state index in [0.29, 0.717) is 23.8 Å². The molecular weight excluding hydrogens is 352 g/mol. The van der Waals surface area contributed by atoms with Crippen molar-refractivity contribution in [2.75, 3.05) is 0 Å². The van der Waals surface area contributed by atoms with Crippen LogP contribution in [0.2, 0.25) is 0 Å². The molecule has 0 saturated heterocycles. The minimum absolute atomic E-state index is 0.208. The third-order valence-electron chi connectivity index (χ3n) is 4.50. The van der Waals surface area contributed by atoms with Gasteiger partial charge in [0, 0.05) is 12.4 Å². The number of aromatic nitrogens is 2. The summed E-state index contributed by atoms with van der Waals surface area (Å²) in [5, 5.41) is 0. The van der Waals surface area contributed by atoms with E-state index in [4.69, 9.17) is 9.47 Å². The molecule has 0 amide bonds. The fourth-order valence-electron chi connectivity index (χ4n) is 3.09. The highest BCUT2D eigenvalue weighted by molar-refractivity contribution is 5.92. The summed E-state index contributed by atoms with van der Waals surface area (Å²) >= 11 is 0. The standard InChI is InChI=1S/C23H20N2O3/c26-23(28-16-18-9-5-2-6-10-18)21-19(22-24-13-14-25-22)11-12-20(21)27-15-17-7-3-1-4-8-17/h1-14,19H,15-16H2,(H,24,25). The van der Waals surface area contributed by atoms with Gasteiger partial charge in [0.1, 0.15) is 24.8 Å². The minimum Gasteiger partial charge on any atom is -0.488 e. The molecule has 0 bridgehead atoms. The van der Waals surface area contributed by atoms with Crippen LogP contribution in [-0.2, 0) is 27.5 Å². The molecular formula is C23H20N2O3. The van der Waals surface area contributed by atoms with Crippen molar-refractivity contribution in [3.63, 3.8) is 0 Å². The van der Waals surface area contributed by atoms with Crippen LogP contribution in [0.15, 0.2) is 96.5 Å². The quantitative estimate of drug-likeness (QED) is 0.629. The number of imidazole rings is 1. The van der Waals surface area contributed by atoms with Gasteiger partial charge in [-0.05, 0) is 17.2 Å². The van der Waals surface area contributed by atoms with Crippen molar-refractivity contribution in [1.29, 1.82) is 0 Å². The van der Waals surface area contributed by atoms with Crippen molar-refractivity contribution >= 4 is 5.97 Å². The summed E-state index contributed by atoms with van der Waals surface area (Å²) in [6, 6.07) is 19.4. The lowest BCUT2D eigenvalue weighted by molar-refractivity contribution is -0.140. The number of benzene rings is 2. The van der Waals surface area contributed by atoms with Crippen LogP contribution in [0.1, 0.15) is 22.9 Å². The Kier molecular flexibility index (Phi) is 5.33. The van der Waals surface area contributed by atoms with Gasteiger partial charge in [-0.2, -0.15) is 0 Å². The normalized spacial score (nSPS) is 15.6. The molecule has 5 heteroatoms. The maximum Gasteiger partial charge on any atom is 0.339 e. The molecule has 0 spiro atoms. The number of hydrogen-bond acceptors (Lipinski definition) is 4. The van der Waals surface area contributed by atoms with Crippen LogP contribution in [0.4, 0.5) is 0 Å². The van der Waals surface area contributed by atoms with Crippen molar-refractivity contribution in [2.24, 2.45) is 0 Å². The lowest BCUT2D eigenvalue weighted by Gasteiger charge is -2.14. The van der Waals surface area contributed by atoms with Crippen LogP contribution in [0.5, 0.6) is 0 Å². The first-order chi connectivity index (χ1) is 13.8. The molecule has 1 atom stereocenters. The fraction of sp³-hybridized carbons (Fsp3) is 0.130. The smallest absolute Gasteiger partial charge is 0.339 e. The van der Waals surface area contributed by atoms with Gasteiger partial charge in [-0.1, -0.05) is 66.7 Å². The number of nitrogens with zero attached hydrogens (tertiary/aromatic N) is 1. The first-order valence-electron chi connectivity index (χ1n) is 9.10. The third kappa shape index (κ3) is 4.04. The predicted octanol–water partition coefficient (Wildman–Crippen LogP) is 4.28. The summed E-state index contributed by atoms with van der Waals surface area (Å²) in [7, 11) is 0. The number of carbonyl (C=O) groups excluding carboxylic acids is 1. The number of rotatable bonds is 7. The number of esters is 1. The Morgan fingerprint density at radius 1 is 0.964 bits per heavy atom. The molecule has 0 aliphatic heterocycles. The van der Waals surface area contributed by atoms with Crippen LogP contribution in [0.3, 0.4) is 0 Å². The zero-order valence-electron chi connectivity index (χ0n) is 15.2. The molecule has 0 saturated carbocycles. The number of nitrogens with one attached hydrogen (secondary N) is 1. The summed E-state index contributed by atoms with van der Waals surface area (Å²) in [4.78, 5) is 20.3. The van der Waals surface area contributed by atoms with E-state index < -0.39 is 5.97 Å². The van der Waals surface area contributed by atoms with Crippen LogP contribution >= 0.6 is 0 Å². The van der Waals surface area contributed by atoms with Gasteiger partial charge >= 0.3 is 5.97 Å². The van der Waals surface area contributed by atoms with E-state index >= 15 is 0 Å². The summed E-state index contributed by atoms with van der Waals surface area (Å²) in [6.45, 7) is 0.584. The second-order valence-corrected chi connectivity index (χ2v) is 6.43. The molecule has 2 aromatic carbocycles. The molecule has 1 N–H and O–H groups in total. The van der Waals surface area contributed by atoms with Crippen molar-refractivity contribution < 1.29 is 14.3 Å². The minimum atomic E-state index is -0.404. The monoisotopic (exact) mass is 372 g/mol. The molecule has 1 aromatic heterocycles. The van der Waals surface area contributed by atoms with Crippen molar-refractivity contribution in [3.8, 4) is 0 Å². The van der Waals surface area contributed by atoms with Gasteiger partial charge < -0.3 is 14.5 Å². The van der Waals surface area contributed by atoms with E-state index in [1.165, 1.54) is 0 Å². The number of H-pyrrole nitrogens is 1. The van der Waals surface area contributed by atoms with Crippen LogP contribution < -0.4 is 0 Å². The molecule has 5 nitrogen and oxygen atoms in total. The van der Waals surface area contributed by atoms with E-state index in [0.717, 1.165) is 11.1 Å². The van der Waals surface area contributed by atoms with Gasteiger partial charge in [0.25, 0.3) is 0 Å². The fourth-order valence-corrected chi connectivity index (χ4v) is 3.09. The Morgan fingerprint density at radius 3 is 2.29 bits per heavy atom. The summed E-state index contributed by atoms with van der Waals surface area (Å²) < 4.78 is 11.5. The first kappa shape index (κ1) is 17.8. The van der Waals surface area contributed by atoms with E-state index in [1.54, 1.807) is 12.4 Å². The van der Waals surface area contributed by atoms with Crippen LogP contribution in [0, 0.1) is 0 Å². The van der Waals surface area contributed by atoms with E-state index in [1.807, 2.05) is 72.8 Å². The van der Waals surface area contributed by atoms with E-state index in [9.17, 15) is 4.79 Å². The summed E-state index contributed by atoms with van der Waals surface area (Å²) in [6.07, 6.45) is 7.12. The van der Waals surface area contributed by atoms with Gasteiger partial charge in [-0.15, -0.1) is 0 Å². The highest BCUT2D eigenvalue weighted by Crippen LogP contribution is 2.34. The lowest BCUT2D eigenvalue weighted by atomic mass is 10.0. The first-order valence-corrected chi connectivity index (χ1v) is 9.10. The number of allylic oxidation sites excluding steroid dienone is 2. The highest BCUT2D eigenvalue weighted by Gasteiger charge is 2.32. The lowest BCUT2D eigenvalue weighted by Crippen LogP contribution is -2.15. The predicted molar refractivity (Wildman–Crippen MR) is 105 cm³/mol. The molecule has 1 aliphatic carbocycles. The molecule has 0 radical (unpaired) electrons. The van der Waals surface area contributed by atoms with Gasteiger partial charge in [-0.25, -0.2) is 9.78 Å². The van der Waals surface area contributed by atoms with E-state index in [-0.39, 0.29) is 12.5 Å². The number of hydrogen-bond donors (Lipinski definition) is 1. The average molecular weight is 372 g/mol. The SMILES string of the molecule is O=C(OCc1ccccc1)C1=C(OCc2ccccc2)C=CC1c1ncc[nH]1. The Bertz CT molecular complexity index is 977. The highest BCUT2D eigenvalue weighted by atomic mass is 16.5. The molecule has 28 heavy (non-hydrogen) atoms. The molecule has 1 heterocycles. The van der Waals surface area contributed by atoms with Gasteiger partial charge in [0.15, 0.2) is 0 Å². The third-order valence-corrected chi connectivity index (χ3v) is 4.50. The zero-order valence-corrected chi connectivity index (χ0v) is 15.2. The molecule has 3 aromatic rings.